The highest BCUT2D eigenvalue weighted by Crippen LogP contribution is 2.10. The monoisotopic (exact) mass is 433 g/mol. The molecule has 0 fully saturated rings. The van der Waals surface area contributed by atoms with Gasteiger partial charge in [-0.05, 0) is 32.1 Å². The van der Waals surface area contributed by atoms with Gasteiger partial charge in [-0.2, -0.15) is 0 Å². The number of alkyl halides is 1. The van der Waals surface area contributed by atoms with Gasteiger partial charge < -0.3 is 9.64 Å². The molecule has 0 unspecified atom stereocenters. The lowest BCUT2D eigenvalue weighted by Gasteiger charge is -2.22. The third-order valence-electron chi connectivity index (χ3n) is 4.82. The van der Waals surface area contributed by atoms with E-state index in [2.05, 4.69) is 29.8 Å². The van der Waals surface area contributed by atoms with Crippen LogP contribution in [0.5, 0.6) is 0 Å². The molecule has 0 aliphatic rings. The number of carbonyl (C=O) groups is 1. The van der Waals surface area contributed by atoms with Crippen molar-refractivity contribution in [1.29, 1.82) is 0 Å². The molecule has 0 N–H and O–H groups in total. The molecule has 26 heavy (non-hydrogen) atoms. The molecule has 3 nitrogen and oxygen atoms in total. The number of rotatable bonds is 19. The maximum atomic E-state index is 12.4. The first-order valence-corrected chi connectivity index (χ1v) is 12.4. The van der Waals surface area contributed by atoms with Crippen molar-refractivity contribution in [2.24, 2.45) is 0 Å². The van der Waals surface area contributed by atoms with Crippen LogP contribution in [-0.4, -0.2) is 36.0 Å². The fraction of sp³-hybridized carbons (Fsp3) is 0.955. The van der Waals surface area contributed by atoms with Crippen LogP contribution in [0.25, 0.3) is 0 Å². The lowest BCUT2D eigenvalue weighted by atomic mass is 10.1. The lowest BCUT2D eigenvalue weighted by Crippen LogP contribution is -2.33. The van der Waals surface area contributed by atoms with E-state index in [0.29, 0.717) is 6.61 Å². The van der Waals surface area contributed by atoms with Crippen LogP contribution < -0.4 is 0 Å². The van der Waals surface area contributed by atoms with Crippen molar-refractivity contribution in [2.45, 2.75) is 110 Å². The van der Waals surface area contributed by atoms with E-state index in [0.717, 1.165) is 50.5 Å². The van der Waals surface area contributed by atoms with Crippen LogP contribution in [0.4, 0.5) is 4.79 Å². The van der Waals surface area contributed by atoms with E-state index < -0.39 is 0 Å². The van der Waals surface area contributed by atoms with Crippen molar-refractivity contribution in [3.05, 3.63) is 0 Å². The molecule has 0 rings (SSSR count). The van der Waals surface area contributed by atoms with E-state index in [1.807, 2.05) is 4.90 Å². The van der Waals surface area contributed by atoms with Gasteiger partial charge in [0.2, 0.25) is 0 Å². The molecule has 0 atom stereocenters. The molecule has 156 valence electrons. The summed E-state index contributed by atoms with van der Waals surface area (Å²) in [5, 5.41) is 1.03. The van der Waals surface area contributed by atoms with Crippen LogP contribution in [0, 0.1) is 0 Å². The predicted molar refractivity (Wildman–Crippen MR) is 117 cm³/mol. The molecule has 0 bridgehead atoms. The minimum Gasteiger partial charge on any atom is -0.449 e. The summed E-state index contributed by atoms with van der Waals surface area (Å²) in [5.74, 6) is 0. The Labute approximate surface area is 171 Å². The van der Waals surface area contributed by atoms with Crippen molar-refractivity contribution in [1.82, 2.24) is 4.90 Å². The second-order valence-corrected chi connectivity index (χ2v) is 8.18. The summed E-state index contributed by atoms with van der Waals surface area (Å²) >= 11 is 3.44. The van der Waals surface area contributed by atoms with Crippen molar-refractivity contribution < 1.29 is 9.53 Å². The van der Waals surface area contributed by atoms with Gasteiger partial charge in [-0.15, -0.1) is 0 Å². The van der Waals surface area contributed by atoms with Crippen LogP contribution in [0.15, 0.2) is 0 Å². The maximum Gasteiger partial charge on any atom is 0.409 e. The number of nitrogens with zero attached hydrogens (tertiary/aromatic N) is 1. The van der Waals surface area contributed by atoms with Gasteiger partial charge >= 0.3 is 6.09 Å². The summed E-state index contributed by atoms with van der Waals surface area (Å²) in [6.07, 6.45) is 18.3. The van der Waals surface area contributed by atoms with Gasteiger partial charge in [0.05, 0.1) is 6.61 Å². The highest BCUT2D eigenvalue weighted by molar-refractivity contribution is 9.09. The van der Waals surface area contributed by atoms with Gasteiger partial charge in [0.25, 0.3) is 0 Å². The Morgan fingerprint density at radius 2 is 1.15 bits per heavy atom. The van der Waals surface area contributed by atoms with Gasteiger partial charge in [-0.1, -0.05) is 94.0 Å². The molecule has 0 aromatic rings. The summed E-state index contributed by atoms with van der Waals surface area (Å²) in [7, 11) is 0. The van der Waals surface area contributed by atoms with Crippen LogP contribution >= 0.6 is 15.9 Å². The quantitative estimate of drug-likeness (QED) is 0.154. The van der Waals surface area contributed by atoms with Gasteiger partial charge in [0.15, 0.2) is 0 Å². The zero-order valence-corrected chi connectivity index (χ0v) is 19.2. The van der Waals surface area contributed by atoms with E-state index in [1.165, 1.54) is 64.2 Å². The zero-order chi connectivity index (χ0) is 19.3. The standard InChI is InChI=1S/C22H44BrNO2/c1-3-5-7-9-11-15-19-24(20-16-12-10-8-6-4-2)22(25)26-21-17-13-14-18-23/h3-21H2,1-2H3. The second-order valence-electron chi connectivity index (χ2n) is 7.39. The Kier molecular flexibility index (Phi) is 20.9. The average molecular weight is 435 g/mol. The fourth-order valence-electron chi connectivity index (χ4n) is 3.08. The van der Waals surface area contributed by atoms with Crippen LogP contribution in [0.1, 0.15) is 110 Å². The maximum absolute atomic E-state index is 12.4. The fourth-order valence-corrected chi connectivity index (χ4v) is 3.48. The molecule has 1 amide bonds. The number of amides is 1. The molecule has 0 aromatic heterocycles. The Morgan fingerprint density at radius 3 is 1.65 bits per heavy atom. The molecule has 0 heterocycles. The number of unbranched alkanes of at least 4 members (excludes halogenated alkanes) is 12. The second kappa shape index (κ2) is 21.1. The minimum atomic E-state index is -0.0917. The predicted octanol–water partition coefficient (Wildman–Crippen LogP) is 7.71. The van der Waals surface area contributed by atoms with E-state index in [4.69, 9.17) is 4.74 Å². The highest BCUT2D eigenvalue weighted by atomic mass is 79.9. The molecule has 0 aliphatic heterocycles. The third-order valence-corrected chi connectivity index (χ3v) is 5.39. The SMILES string of the molecule is CCCCCCCCN(CCCCCCCC)C(=O)OCCCCCBr. The van der Waals surface area contributed by atoms with Gasteiger partial charge in [0.1, 0.15) is 0 Å². The Hall–Kier alpha value is -0.250. The highest BCUT2D eigenvalue weighted by Gasteiger charge is 2.14. The van der Waals surface area contributed by atoms with Crippen LogP contribution in [0.2, 0.25) is 0 Å². The average Bonchev–Trinajstić information content (AvgIpc) is 2.65. The number of ether oxygens (including phenoxy) is 1. The van der Waals surface area contributed by atoms with Crippen molar-refractivity contribution in [2.75, 3.05) is 25.0 Å². The topological polar surface area (TPSA) is 29.5 Å². The van der Waals surface area contributed by atoms with E-state index >= 15 is 0 Å². The van der Waals surface area contributed by atoms with E-state index in [9.17, 15) is 4.79 Å². The van der Waals surface area contributed by atoms with Gasteiger partial charge in [0, 0.05) is 18.4 Å². The molecule has 0 saturated carbocycles. The Balaban J connectivity index is 4.02. The smallest absolute Gasteiger partial charge is 0.409 e. The number of hydrogen-bond acceptors (Lipinski definition) is 2. The molecule has 0 saturated heterocycles. The normalized spacial score (nSPS) is 10.9. The Bertz CT molecular complexity index is 284. The van der Waals surface area contributed by atoms with Crippen molar-refractivity contribution in [3.8, 4) is 0 Å². The zero-order valence-electron chi connectivity index (χ0n) is 17.6. The molecule has 0 aliphatic carbocycles. The summed E-state index contributed by atoms with van der Waals surface area (Å²) in [4.78, 5) is 14.4. The molecule has 0 aromatic carbocycles. The van der Waals surface area contributed by atoms with E-state index in [1.54, 1.807) is 0 Å². The van der Waals surface area contributed by atoms with E-state index in [-0.39, 0.29) is 6.09 Å². The first-order chi connectivity index (χ1) is 12.8. The summed E-state index contributed by atoms with van der Waals surface area (Å²) < 4.78 is 5.51. The number of carbonyl (C=O) groups excluding carboxylic acids is 1. The summed E-state index contributed by atoms with van der Waals surface area (Å²) in [5.41, 5.74) is 0. The first kappa shape index (κ1) is 25.8. The third kappa shape index (κ3) is 17.2. The molecule has 0 spiro atoms. The molecule has 0 radical (unpaired) electrons. The van der Waals surface area contributed by atoms with Gasteiger partial charge in [-0.3, -0.25) is 0 Å². The van der Waals surface area contributed by atoms with Crippen LogP contribution in [0.3, 0.4) is 0 Å². The summed E-state index contributed by atoms with van der Waals surface area (Å²) in [6.45, 7) is 6.78. The number of halogens is 1. The van der Waals surface area contributed by atoms with Crippen LogP contribution in [-0.2, 0) is 4.74 Å². The van der Waals surface area contributed by atoms with Crippen molar-refractivity contribution >= 4 is 22.0 Å². The molecule has 4 heteroatoms. The minimum absolute atomic E-state index is 0.0917. The molecular formula is C22H44BrNO2. The Morgan fingerprint density at radius 1 is 0.692 bits per heavy atom. The number of hydrogen-bond donors (Lipinski definition) is 0. The van der Waals surface area contributed by atoms with Crippen molar-refractivity contribution in [3.63, 3.8) is 0 Å². The van der Waals surface area contributed by atoms with Gasteiger partial charge in [-0.25, -0.2) is 4.79 Å². The largest absolute Gasteiger partial charge is 0.449 e. The first-order valence-electron chi connectivity index (χ1n) is 11.2. The summed E-state index contributed by atoms with van der Waals surface area (Å²) in [6, 6.07) is 0. The molecular weight excluding hydrogens is 390 g/mol. The lowest BCUT2D eigenvalue weighted by molar-refractivity contribution is 0.0991.